The number of alkyl halides is 3. The molecule has 0 saturated carbocycles. The minimum atomic E-state index is -4.01. The van der Waals surface area contributed by atoms with Crippen LogP contribution in [0.3, 0.4) is 0 Å². The number of hydrogen-bond donors (Lipinski definition) is 1. The summed E-state index contributed by atoms with van der Waals surface area (Å²) in [6.07, 6.45) is -3.43. The van der Waals surface area contributed by atoms with Crippen LogP contribution in [0.2, 0.25) is 0 Å². The molecule has 14 heavy (non-hydrogen) atoms. The number of nitrogens with one attached hydrogen (secondary N) is 1. The van der Waals surface area contributed by atoms with E-state index in [1.807, 2.05) is 11.9 Å². The van der Waals surface area contributed by atoms with Crippen LogP contribution in [0.25, 0.3) is 0 Å². The van der Waals surface area contributed by atoms with Crippen LogP contribution in [0.1, 0.15) is 19.3 Å². The van der Waals surface area contributed by atoms with E-state index in [2.05, 4.69) is 5.32 Å². The number of rotatable bonds is 4. The van der Waals surface area contributed by atoms with Crippen molar-refractivity contribution in [2.45, 2.75) is 31.5 Å². The summed E-state index contributed by atoms with van der Waals surface area (Å²) < 4.78 is 35.6. The van der Waals surface area contributed by atoms with Crippen LogP contribution in [-0.2, 0) is 0 Å². The molecule has 1 heterocycles. The van der Waals surface area contributed by atoms with E-state index in [4.69, 9.17) is 0 Å². The molecule has 0 radical (unpaired) electrons. The minimum absolute atomic E-state index is 0.205. The van der Waals surface area contributed by atoms with Gasteiger partial charge >= 0.3 is 6.18 Å². The standard InChI is InChI=1S/C9H17F3N2/c1-14(8-3-5-13-7-8)6-2-4-9(10,11)12/h8,13H,2-7H2,1H3/t8-/m1/s1. The first-order valence-electron chi connectivity index (χ1n) is 4.97. The van der Waals surface area contributed by atoms with Gasteiger partial charge in [-0.2, -0.15) is 13.2 Å². The average Bonchev–Trinajstić information content (AvgIpc) is 2.53. The smallest absolute Gasteiger partial charge is 0.315 e. The molecule has 1 saturated heterocycles. The summed E-state index contributed by atoms with van der Waals surface area (Å²) in [6, 6.07) is 0.420. The molecule has 1 aliphatic heterocycles. The molecule has 2 nitrogen and oxygen atoms in total. The third-order valence-corrected chi connectivity index (χ3v) is 2.63. The molecule has 0 unspecified atom stereocenters. The Hall–Kier alpha value is -0.290. The van der Waals surface area contributed by atoms with Crippen LogP contribution in [0.15, 0.2) is 0 Å². The average molecular weight is 210 g/mol. The van der Waals surface area contributed by atoms with Gasteiger partial charge in [-0.05, 0) is 33.0 Å². The van der Waals surface area contributed by atoms with Crippen LogP contribution in [-0.4, -0.2) is 43.8 Å². The predicted molar refractivity (Wildman–Crippen MR) is 49.2 cm³/mol. The first kappa shape index (κ1) is 11.8. The molecule has 0 bridgehead atoms. The molecule has 0 aromatic heterocycles. The minimum Gasteiger partial charge on any atom is -0.315 e. The van der Waals surface area contributed by atoms with Gasteiger partial charge in [0.05, 0.1) is 0 Å². The Labute approximate surface area is 82.5 Å². The maximum Gasteiger partial charge on any atom is 0.389 e. The van der Waals surface area contributed by atoms with E-state index >= 15 is 0 Å². The van der Waals surface area contributed by atoms with Gasteiger partial charge in [-0.3, -0.25) is 0 Å². The van der Waals surface area contributed by atoms with E-state index in [0.717, 1.165) is 19.5 Å². The summed E-state index contributed by atoms with van der Waals surface area (Å²) in [5.74, 6) is 0. The van der Waals surface area contributed by atoms with Gasteiger partial charge in [-0.15, -0.1) is 0 Å². The van der Waals surface area contributed by atoms with E-state index in [0.29, 0.717) is 12.6 Å². The highest BCUT2D eigenvalue weighted by Crippen LogP contribution is 2.21. The summed E-state index contributed by atoms with van der Waals surface area (Å²) in [4.78, 5) is 2.02. The summed E-state index contributed by atoms with van der Waals surface area (Å²) >= 11 is 0. The number of likely N-dealkylation sites (N-methyl/N-ethyl adjacent to an activating group) is 1. The zero-order valence-electron chi connectivity index (χ0n) is 8.40. The molecule has 1 aliphatic rings. The Morgan fingerprint density at radius 3 is 2.64 bits per heavy atom. The van der Waals surface area contributed by atoms with Crippen LogP contribution in [0.4, 0.5) is 13.2 Å². The fourth-order valence-corrected chi connectivity index (χ4v) is 1.73. The van der Waals surface area contributed by atoms with Crippen LogP contribution in [0.5, 0.6) is 0 Å². The third kappa shape index (κ3) is 4.28. The van der Waals surface area contributed by atoms with E-state index in [9.17, 15) is 13.2 Å². The van der Waals surface area contributed by atoms with Gasteiger partial charge in [0.15, 0.2) is 0 Å². The normalized spacial score (nSPS) is 23.4. The monoisotopic (exact) mass is 210 g/mol. The van der Waals surface area contributed by atoms with Crippen LogP contribution >= 0.6 is 0 Å². The second-order valence-electron chi connectivity index (χ2n) is 3.85. The molecule has 84 valence electrons. The molecule has 0 amide bonds. The second kappa shape index (κ2) is 4.98. The van der Waals surface area contributed by atoms with Crippen molar-refractivity contribution in [1.29, 1.82) is 0 Å². The highest BCUT2D eigenvalue weighted by atomic mass is 19.4. The highest BCUT2D eigenvalue weighted by Gasteiger charge is 2.27. The summed E-state index contributed by atoms with van der Waals surface area (Å²) in [7, 11) is 1.90. The molecule has 0 spiro atoms. The summed E-state index contributed by atoms with van der Waals surface area (Å²) in [5.41, 5.74) is 0. The van der Waals surface area contributed by atoms with Crippen LogP contribution in [0, 0.1) is 0 Å². The Morgan fingerprint density at radius 2 is 2.14 bits per heavy atom. The molecular formula is C9H17F3N2. The Bertz CT molecular complexity index is 164. The van der Waals surface area contributed by atoms with Gasteiger partial charge in [0, 0.05) is 19.0 Å². The lowest BCUT2D eigenvalue weighted by Crippen LogP contribution is -2.34. The molecule has 0 aromatic carbocycles. The largest absolute Gasteiger partial charge is 0.389 e. The SMILES string of the molecule is CN(CCCC(F)(F)F)[C@@H]1CCNC1. The fourth-order valence-electron chi connectivity index (χ4n) is 1.73. The van der Waals surface area contributed by atoms with Gasteiger partial charge in [0.25, 0.3) is 0 Å². The zero-order chi connectivity index (χ0) is 10.6. The van der Waals surface area contributed by atoms with Crippen molar-refractivity contribution in [3.8, 4) is 0 Å². The second-order valence-corrected chi connectivity index (χ2v) is 3.85. The van der Waals surface area contributed by atoms with Gasteiger partial charge < -0.3 is 10.2 Å². The van der Waals surface area contributed by atoms with E-state index < -0.39 is 12.6 Å². The van der Waals surface area contributed by atoms with Crippen molar-refractivity contribution < 1.29 is 13.2 Å². The van der Waals surface area contributed by atoms with Crippen molar-refractivity contribution >= 4 is 0 Å². The summed E-state index contributed by atoms with van der Waals surface area (Å²) in [6.45, 7) is 2.42. The third-order valence-electron chi connectivity index (χ3n) is 2.63. The molecular weight excluding hydrogens is 193 g/mol. The lowest BCUT2D eigenvalue weighted by molar-refractivity contribution is -0.136. The molecule has 1 fully saturated rings. The maximum atomic E-state index is 11.9. The van der Waals surface area contributed by atoms with Crippen molar-refractivity contribution in [1.82, 2.24) is 10.2 Å². The van der Waals surface area contributed by atoms with Crippen molar-refractivity contribution in [2.24, 2.45) is 0 Å². The number of halogens is 3. The first-order chi connectivity index (χ1) is 6.49. The number of hydrogen-bond acceptors (Lipinski definition) is 2. The zero-order valence-corrected chi connectivity index (χ0v) is 8.40. The van der Waals surface area contributed by atoms with Gasteiger partial charge in [-0.1, -0.05) is 0 Å². The van der Waals surface area contributed by atoms with Crippen molar-refractivity contribution in [2.75, 3.05) is 26.7 Å². The molecule has 1 rings (SSSR count). The molecule has 5 heteroatoms. The first-order valence-corrected chi connectivity index (χ1v) is 4.97. The highest BCUT2D eigenvalue weighted by molar-refractivity contribution is 4.78. The van der Waals surface area contributed by atoms with Gasteiger partial charge in [0.2, 0.25) is 0 Å². The predicted octanol–water partition coefficient (Wildman–Crippen LogP) is 1.62. The van der Waals surface area contributed by atoms with Gasteiger partial charge in [-0.25, -0.2) is 0 Å². The molecule has 0 aliphatic carbocycles. The molecule has 1 N–H and O–H groups in total. The van der Waals surface area contributed by atoms with E-state index in [-0.39, 0.29) is 6.42 Å². The Morgan fingerprint density at radius 1 is 1.43 bits per heavy atom. The van der Waals surface area contributed by atoms with Gasteiger partial charge in [0.1, 0.15) is 0 Å². The molecule has 0 aromatic rings. The van der Waals surface area contributed by atoms with Crippen molar-refractivity contribution in [3.05, 3.63) is 0 Å². The van der Waals surface area contributed by atoms with E-state index in [1.54, 1.807) is 0 Å². The quantitative estimate of drug-likeness (QED) is 0.758. The Kier molecular flexibility index (Phi) is 4.19. The van der Waals surface area contributed by atoms with E-state index in [1.165, 1.54) is 0 Å². The lowest BCUT2D eigenvalue weighted by Gasteiger charge is -2.23. The lowest BCUT2D eigenvalue weighted by atomic mass is 10.2. The van der Waals surface area contributed by atoms with Crippen LogP contribution < -0.4 is 5.32 Å². The fraction of sp³-hybridized carbons (Fsp3) is 1.00. The molecule has 1 atom stereocenters. The summed E-state index contributed by atoms with van der Waals surface area (Å²) in [5, 5.41) is 3.20. The Balaban J connectivity index is 2.11. The maximum absolute atomic E-state index is 11.9. The van der Waals surface area contributed by atoms with Crippen molar-refractivity contribution in [3.63, 3.8) is 0 Å². The number of nitrogens with zero attached hydrogens (tertiary/aromatic N) is 1. The topological polar surface area (TPSA) is 15.3 Å².